The van der Waals surface area contributed by atoms with Gasteiger partial charge in [0.05, 0.1) is 22.2 Å². The molecule has 2 aromatic carbocycles. The summed E-state index contributed by atoms with van der Waals surface area (Å²) in [7, 11) is -0.192. The van der Waals surface area contributed by atoms with E-state index in [2.05, 4.69) is 10.0 Å². The number of amides is 1. The average Bonchev–Trinajstić information content (AvgIpc) is 3.24. The lowest BCUT2D eigenvalue weighted by atomic mass is 10.1. The van der Waals surface area contributed by atoms with Gasteiger partial charge in [0.15, 0.2) is 0 Å². The van der Waals surface area contributed by atoms with Crippen molar-refractivity contribution in [3.63, 3.8) is 0 Å². The van der Waals surface area contributed by atoms with E-state index in [4.69, 9.17) is 16.0 Å². The summed E-state index contributed by atoms with van der Waals surface area (Å²) in [4.78, 5) is 14.2. The Balaban J connectivity index is 1.65. The molecule has 1 heterocycles. The number of rotatable bonds is 8. The number of anilines is 1. The summed E-state index contributed by atoms with van der Waals surface area (Å²) in [6.07, 6.45) is 1.58. The second-order valence-corrected chi connectivity index (χ2v) is 9.05. The van der Waals surface area contributed by atoms with Crippen molar-refractivity contribution < 1.29 is 22.0 Å². The Hall–Kier alpha value is -2.88. The number of furan rings is 1. The fraction of sp³-hybridized carbons (Fsp3) is 0.190. The van der Waals surface area contributed by atoms with E-state index in [0.717, 1.165) is 24.0 Å². The first-order chi connectivity index (χ1) is 14.7. The lowest BCUT2D eigenvalue weighted by Crippen LogP contribution is -2.34. The summed E-state index contributed by atoms with van der Waals surface area (Å²) in [6, 6.07) is 12.6. The molecular weight excluding hydrogens is 445 g/mol. The molecule has 31 heavy (non-hydrogen) atoms. The van der Waals surface area contributed by atoms with Gasteiger partial charge in [-0.3, -0.25) is 14.4 Å². The molecule has 3 rings (SSSR count). The summed E-state index contributed by atoms with van der Waals surface area (Å²) in [5.74, 6) is -0.284. The lowest BCUT2D eigenvalue weighted by Gasteiger charge is -2.22. The Kier molecular flexibility index (Phi) is 6.99. The van der Waals surface area contributed by atoms with Gasteiger partial charge in [-0.05, 0) is 68.7 Å². The Morgan fingerprint density at radius 2 is 1.87 bits per heavy atom. The van der Waals surface area contributed by atoms with E-state index in [1.165, 1.54) is 24.3 Å². The number of nitrogens with zero attached hydrogens (tertiary/aromatic N) is 1. The van der Waals surface area contributed by atoms with Gasteiger partial charge < -0.3 is 9.73 Å². The van der Waals surface area contributed by atoms with E-state index in [9.17, 15) is 17.6 Å². The van der Waals surface area contributed by atoms with Gasteiger partial charge in [0, 0.05) is 17.8 Å². The van der Waals surface area contributed by atoms with E-state index in [0.29, 0.717) is 12.1 Å². The van der Waals surface area contributed by atoms with Crippen LogP contribution in [-0.2, 0) is 10.0 Å². The Morgan fingerprint density at radius 1 is 1.16 bits per heavy atom. The second kappa shape index (κ2) is 9.51. The van der Waals surface area contributed by atoms with Crippen LogP contribution < -0.4 is 10.0 Å². The molecule has 0 saturated carbocycles. The van der Waals surface area contributed by atoms with Crippen LogP contribution >= 0.6 is 11.6 Å². The van der Waals surface area contributed by atoms with Crippen LogP contribution in [0.15, 0.2) is 70.2 Å². The number of carbonyl (C=O) groups is 1. The maximum absolute atomic E-state index is 13.3. The number of benzene rings is 2. The molecule has 1 unspecified atom stereocenters. The summed E-state index contributed by atoms with van der Waals surface area (Å²) >= 11 is 5.66. The molecule has 0 saturated heterocycles. The quantitative estimate of drug-likeness (QED) is 0.526. The van der Waals surface area contributed by atoms with Crippen molar-refractivity contribution >= 4 is 33.2 Å². The zero-order valence-corrected chi connectivity index (χ0v) is 18.4. The number of hydrogen-bond donors (Lipinski definition) is 2. The highest BCUT2D eigenvalue weighted by Gasteiger charge is 2.19. The van der Waals surface area contributed by atoms with Crippen LogP contribution in [0.1, 0.15) is 22.2 Å². The van der Waals surface area contributed by atoms with Gasteiger partial charge >= 0.3 is 0 Å². The van der Waals surface area contributed by atoms with Crippen molar-refractivity contribution in [1.82, 2.24) is 10.2 Å². The van der Waals surface area contributed by atoms with Crippen molar-refractivity contribution in [2.45, 2.75) is 10.9 Å². The van der Waals surface area contributed by atoms with Crippen molar-refractivity contribution in [2.24, 2.45) is 0 Å². The number of carbonyl (C=O) groups excluding carboxylic acids is 1. The molecule has 164 valence electrons. The van der Waals surface area contributed by atoms with Crippen LogP contribution in [0.5, 0.6) is 0 Å². The van der Waals surface area contributed by atoms with Gasteiger partial charge in [-0.2, -0.15) is 0 Å². The van der Waals surface area contributed by atoms with Crippen LogP contribution in [0.2, 0.25) is 5.02 Å². The molecule has 0 fully saturated rings. The standard InChI is InChI=1S/C21H21ClFN3O4S/c1-26(2)19(20-4-3-11-30-20)13-24-21(27)14-5-7-15(8-6-14)25-31(28,29)16-9-10-18(23)17(22)12-16/h3-12,19,25H,13H2,1-2H3,(H,24,27). The second-order valence-electron chi connectivity index (χ2n) is 6.96. The van der Waals surface area contributed by atoms with E-state index < -0.39 is 15.8 Å². The van der Waals surface area contributed by atoms with E-state index >= 15 is 0 Å². The zero-order valence-electron chi connectivity index (χ0n) is 16.8. The van der Waals surface area contributed by atoms with Gasteiger partial charge in [0.25, 0.3) is 15.9 Å². The molecule has 0 spiro atoms. The molecule has 0 aliphatic carbocycles. The summed E-state index contributed by atoms with van der Waals surface area (Å²) in [6.45, 7) is 0.332. The summed E-state index contributed by atoms with van der Waals surface area (Å²) in [5, 5.41) is 2.55. The number of likely N-dealkylation sites (N-methyl/N-ethyl adjacent to an activating group) is 1. The normalized spacial score (nSPS) is 12.5. The predicted molar refractivity (Wildman–Crippen MR) is 116 cm³/mol. The molecule has 1 amide bonds. The van der Waals surface area contributed by atoms with Gasteiger partial charge in [-0.25, -0.2) is 12.8 Å². The minimum Gasteiger partial charge on any atom is -0.468 e. The molecule has 0 radical (unpaired) electrons. The lowest BCUT2D eigenvalue weighted by molar-refractivity contribution is 0.0939. The first-order valence-corrected chi connectivity index (χ1v) is 11.1. The number of sulfonamides is 1. The largest absolute Gasteiger partial charge is 0.468 e. The fourth-order valence-electron chi connectivity index (χ4n) is 2.86. The van der Waals surface area contributed by atoms with Gasteiger partial charge in [-0.1, -0.05) is 11.6 Å². The van der Waals surface area contributed by atoms with Crippen LogP contribution in [0.3, 0.4) is 0 Å². The number of halogens is 2. The molecule has 1 atom stereocenters. The highest BCUT2D eigenvalue weighted by atomic mass is 35.5. The maximum atomic E-state index is 13.3. The van der Waals surface area contributed by atoms with Gasteiger partial charge in [0.1, 0.15) is 11.6 Å². The molecule has 1 aromatic heterocycles. The highest BCUT2D eigenvalue weighted by Crippen LogP contribution is 2.22. The van der Waals surface area contributed by atoms with Crippen molar-refractivity contribution in [3.8, 4) is 0 Å². The number of hydrogen-bond acceptors (Lipinski definition) is 5. The monoisotopic (exact) mass is 465 g/mol. The Labute approximate surface area is 184 Å². The maximum Gasteiger partial charge on any atom is 0.261 e. The molecule has 0 aliphatic heterocycles. The minimum atomic E-state index is -3.96. The third kappa shape index (κ3) is 5.63. The van der Waals surface area contributed by atoms with Crippen LogP contribution in [-0.4, -0.2) is 39.9 Å². The Morgan fingerprint density at radius 3 is 2.45 bits per heavy atom. The Bertz CT molecular complexity index is 1150. The summed E-state index contributed by atoms with van der Waals surface area (Å²) < 4.78 is 46.0. The van der Waals surface area contributed by atoms with Crippen molar-refractivity contribution in [2.75, 3.05) is 25.4 Å². The van der Waals surface area contributed by atoms with Crippen LogP contribution in [0, 0.1) is 5.82 Å². The molecule has 0 aliphatic rings. The zero-order chi connectivity index (χ0) is 22.6. The molecular formula is C21H21ClFN3O4S. The van der Waals surface area contributed by atoms with E-state index in [-0.39, 0.29) is 27.6 Å². The minimum absolute atomic E-state index is 0.132. The molecule has 2 N–H and O–H groups in total. The van der Waals surface area contributed by atoms with Gasteiger partial charge in [-0.15, -0.1) is 0 Å². The topological polar surface area (TPSA) is 91.7 Å². The number of nitrogens with one attached hydrogen (secondary N) is 2. The van der Waals surface area contributed by atoms with Crippen molar-refractivity contribution in [3.05, 3.63) is 83.0 Å². The average molecular weight is 466 g/mol. The predicted octanol–water partition coefficient (Wildman–Crippen LogP) is 3.91. The smallest absolute Gasteiger partial charge is 0.261 e. The molecule has 7 nitrogen and oxygen atoms in total. The molecule has 0 bridgehead atoms. The van der Waals surface area contributed by atoms with E-state index in [1.54, 1.807) is 12.3 Å². The van der Waals surface area contributed by atoms with E-state index in [1.807, 2.05) is 25.1 Å². The highest BCUT2D eigenvalue weighted by molar-refractivity contribution is 7.92. The van der Waals surface area contributed by atoms with Crippen molar-refractivity contribution in [1.29, 1.82) is 0 Å². The third-order valence-electron chi connectivity index (χ3n) is 4.55. The first kappa shape index (κ1) is 22.8. The van der Waals surface area contributed by atoms with Crippen LogP contribution in [0.4, 0.5) is 10.1 Å². The molecule has 3 aromatic rings. The summed E-state index contributed by atoms with van der Waals surface area (Å²) in [5.41, 5.74) is 0.614. The fourth-order valence-corrected chi connectivity index (χ4v) is 4.19. The SMILES string of the molecule is CN(C)C(CNC(=O)c1ccc(NS(=O)(=O)c2ccc(F)c(Cl)c2)cc1)c1ccco1. The van der Waals surface area contributed by atoms with Gasteiger partial charge in [0.2, 0.25) is 0 Å². The molecule has 10 heteroatoms. The first-order valence-electron chi connectivity index (χ1n) is 9.23. The van der Waals surface area contributed by atoms with Crippen LogP contribution in [0.25, 0.3) is 0 Å². The third-order valence-corrected chi connectivity index (χ3v) is 6.22.